The Hall–Kier alpha value is -2.54. The van der Waals surface area contributed by atoms with Crippen LogP contribution in [0.5, 0.6) is 0 Å². The highest BCUT2D eigenvalue weighted by atomic mass is 16.4. The van der Waals surface area contributed by atoms with Crippen molar-refractivity contribution in [1.29, 1.82) is 0 Å². The van der Waals surface area contributed by atoms with Crippen molar-refractivity contribution in [2.24, 2.45) is 0 Å². The summed E-state index contributed by atoms with van der Waals surface area (Å²) in [6.45, 7) is 4.72. The Morgan fingerprint density at radius 3 is 1.41 bits per heavy atom. The summed E-state index contributed by atoms with van der Waals surface area (Å²) in [5, 5.41) is 64.6. The van der Waals surface area contributed by atoms with Crippen LogP contribution in [0.3, 0.4) is 0 Å². The lowest BCUT2D eigenvalue weighted by Crippen LogP contribution is -2.15. The number of aliphatic hydroxyl groups excluding tert-OH is 4. The molecule has 8 N–H and O–H groups in total. The van der Waals surface area contributed by atoms with Crippen LogP contribution in [0.15, 0.2) is 12.2 Å². The van der Waals surface area contributed by atoms with Crippen molar-refractivity contribution in [2.45, 2.75) is 123 Å². The van der Waals surface area contributed by atoms with Crippen molar-refractivity contribution in [3.63, 3.8) is 0 Å². The van der Waals surface area contributed by atoms with Gasteiger partial charge in [-0.05, 0) is 32.1 Å². The Labute approximate surface area is 233 Å². The summed E-state index contributed by atoms with van der Waals surface area (Å²) in [5.41, 5.74) is 0. The average molecular weight is 571 g/mol. The first kappa shape index (κ1) is 46.3. The largest absolute Gasteiger partial charge is 0.481 e. The predicted octanol–water partition coefficient (Wildman–Crippen LogP) is 3.68. The Morgan fingerprint density at radius 2 is 1.03 bits per heavy atom. The van der Waals surface area contributed by atoms with E-state index in [9.17, 15) is 9.90 Å². The summed E-state index contributed by atoms with van der Waals surface area (Å²) in [5.74, 6) is -3.19. The van der Waals surface area contributed by atoms with Crippen molar-refractivity contribution in [3.8, 4) is 0 Å². The molecule has 0 unspecified atom stereocenters. The molecule has 0 spiro atoms. The smallest absolute Gasteiger partial charge is 0.303 e. The zero-order valence-electron chi connectivity index (χ0n) is 24.1. The Morgan fingerprint density at radius 1 is 0.615 bits per heavy atom. The summed E-state index contributed by atoms with van der Waals surface area (Å²) >= 11 is 0. The first-order valence-corrected chi connectivity index (χ1v) is 13.2. The monoisotopic (exact) mass is 570 g/mol. The second kappa shape index (κ2) is 40.0. The van der Waals surface area contributed by atoms with E-state index >= 15 is 0 Å². The molecule has 0 rings (SSSR count). The molecule has 0 aromatic rings. The van der Waals surface area contributed by atoms with Gasteiger partial charge in [0.15, 0.2) is 0 Å². The molecule has 0 saturated carbocycles. The van der Waals surface area contributed by atoms with E-state index in [0.717, 1.165) is 72.1 Å². The molecule has 12 nitrogen and oxygen atoms in total. The maximum absolute atomic E-state index is 10.3. The van der Waals surface area contributed by atoms with Crippen LogP contribution < -0.4 is 0 Å². The molecule has 0 aliphatic carbocycles. The fraction of sp³-hybridized carbons (Fsp3) is 0.778. The zero-order chi connectivity index (χ0) is 31.5. The van der Waals surface area contributed by atoms with Gasteiger partial charge in [0.05, 0.1) is 19.3 Å². The highest BCUT2D eigenvalue weighted by molar-refractivity contribution is 5.66. The van der Waals surface area contributed by atoms with Gasteiger partial charge in [-0.3, -0.25) is 19.2 Å². The molecule has 0 aliphatic heterocycles. The highest BCUT2D eigenvalue weighted by Crippen LogP contribution is 2.10. The lowest BCUT2D eigenvalue weighted by Gasteiger charge is -2.07. The number of hydrogen-bond donors (Lipinski definition) is 8. The minimum atomic E-state index is -0.954. The van der Waals surface area contributed by atoms with E-state index in [4.69, 9.17) is 50.1 Å². The third-order valence-electron chi connectivity index (χ3n) is 4.15. The van der Waals surface area contributed by atoms with Gasteiger partial charge in [-0.2, -0.15) is 0 Å². The number of rotatable bonds is 17. The van der Waals surface area contributed by atoms with Crippen LogP contribution in [-0.2, 0) is 19.2 Å². The van der Waals surface area contributed by atoms with E-state index in [1.54, 1.807) is 0 Å². The molecule has 0 amide bonds. The molecule has 0 fully saturated rings. The lowest BCUT2D eigenvalue weighted by atomic mass is 10.1. The summed E-state index contributed by atoms with van der Waals surface area (Å²) in [7, 11) is 0. The van der Waals surface area contributed by atoms with Crippen LogP contribution in [0.2, 0.25) is 0 Å². The quantitative estimate of drug-likeness (QED) is 0.0924. The fourth-order valence-corrected chi connectivity index (χ4v) is 2.42. The van der Waals surface area contributed by atoms with Gasteiger partial charge in [0.25, 0.3) is 17.9 Å². The molecule has 0 aromatic heterocycles. The number of allylic oxidation sites excluding steroid dienone is 1. The van der Waals surface area contributed by atoms with Gasteiger partial charge >= 0.3 is 5.97 Å². The minimum absolute atomic E-state index is 0.172. The summed E-state index contributed by atoms with van der Waals surface area (Å²) < 4.78 is 0. The van der Waals surface area contributed by atoms with Crippen molar-refractivity contribution in [3.05, 3.63) is 12.2 Å². The normalized spacial score (nSPS) is 10.4. The molecular formula is C27H54O12. The maximum atomic E-state index is 10.3. The van der Waals surface area contributed by atoms with Gasteiger partial charge in [0.2, 0.25) is 0 Å². The molecule has 234 valence electrons. The highest BCUT2D eigenvalue weighted by Gasteiger charge is 2.00. The van der Waals surface area contributed by atoms with E-state index in [0.29, 0.717) is 6.42 Å². The molecule has 0 bridgehead atoms. The third kappa shape index (κ3) is 94.8. The van der Waals surface area contributed by atoms with E-state index in [2.05, 4.69) is 19.1 Å². The van der Waals surface area contributed by atoms with Crippen LogP contribution in [0.25, 0.3) is 0 Å². The molecule has 0 aromatic carbocycles. The van der Waals surface area contributed by atoms with Gasteiger partial charge in [-0.1, -0.05) is 64.0 Å². The lowest BCUT2D eigenvalue weighted by molar-refractivity contribution is -0.137. The molecule has 12 heteroatoms. The summed E-state index contributed by atoms with van der Waals surface area (Å²) in [6, 6.07) is 0. The van der Waals surface area contributed by atoms with Gasteiger partial charge in [-0.15, -0.1) is 0 Å². The maximum Gasteiger partial charge on any atom is 0.303 e. The van der Waals surface area contributed by atoms with Gasteiger partial charge in [-0.25, -0.2) is 0 Å². The number of aliphatic carboxylic acids is 4. The first-order chi connectivity index (χ1) is 18.2. The van der Waals surface area contributed by atoms with Crippen molar-refractivity contribution >= 4 is 23.9 Å². The molecule has 0 radical (unpaired) electrons. The topological polar surface area (TPSA) is 230 Å². The summed E-state index contributed by atoms with van der Waals surface area (Å²) in [6.07, 6.45) is 16.4. The Balaban J connectivity index is -0.000000172. The van der Waals surface area contributed by atoms with Crippen LogP contribution in [0.4, 0.5) is 0 Å². The van der Waals surface area contributed by atoms with Gasteiger partial charge in [0, 0.05) is 27.2 Å². The van der Waals surface area contributed by atoms with E-state index in [-0.39, 0.29) is 19.3 Å². The van der Waals surface area contributed by atoms with Crippen LogP contribution >= 0.6 is 0 Å². The van der Waals surface area contributed by atoms with Gasteiger partial charge < -0.3 is 40.9 Å². The van der Waals surface area contributed by atoms with Crippen LogP contribution in [0.1, 0.15) is 111 Å². The predicted molar refractivity (Wildman–Crippen MR) is 149 cm³/mol. The van der Waals surface area contributed by atoms with Crippen molar-refractivity contribution in [1.82, 2.24) is 0 Å². The Kier molecular flexibility index (Phi) is 47.5. The van der Waals surface area contributed by atoms with Crippen molar-refractivity contribution in [2.75, 3.05) is 13.2 Å². The number of hydrogen-bond acceptors (Lipinski definition) is 8. The van der Waals surface area contributed by atoms with E-state index in [1.807, 2.05) is 0 Å². The molecule has 0 aliphatic rings. The van der Waals surface area contributed by atoms with E-state index < -0.39 is 30.0 Å². The zero-order valence-corrected chi connectivity index (χ0v) is 24.1. The molecule has 1 atom stereocenters. The first-order valence-electron chi connectivity index (χ1n) is 13.2. The number of aliphatic hydroxyl groups is 4. The average Bonchev–Trinajstić information content (AvgIpc) is 2.81. The summed E-state index contributed by atoms with van der Waals surface area (Å²) in [4.78, 5) is 37.3. The Bertz CT molecular complexity index is 535. The number of carbonyl (C=O) groups is 4. The molecule has 0 saturated heterocycles. The van der Waals surface area contributed by atoms with Crippen LogP contribution in [-0.4, -0.2) is 90.2 Å². The minimum Gasteiger partial charge on any atom is -0.481 e. The third-order valence-corrected chi connectivity index (χ3v) is 4.15. The number of carboxylic acids is 4. The molecular weight excluding hydrogens is 516 g/mol. The SMILES string of the molecule is CC(=O)O.CC(=O)O.CC(=O)O.CCCCCC[C@@H](O)C/C=C\CCCCCCCC(=O)O.OCC(O)CO. The molecule has 39 heavy (non-hydrogen) atoms. The fourth-order valence-electron chi connectivity index (χ4n) is 2.42. The number of carboxylic acid groups (broad SMARTS) is 4. The number of unbranched alkanes of at least 4 members (excludes halogenated alkanes) is 8. The second-order valence-electron chi connectivity index (χ2n) is 8.49. The second-order valence-corrected chi connectivity index (χ2v) is 8.49. The van der Waals surface area contributed by atoms with Crippen LogP contribution in [0, 0.1) is 0 Å². The van der Waals surface area contributed by atoms with Gasteiger partial charge in [0.1, 0.15) is 6.10 Å². The molecule has 0 heterocycles. The standard InChI is InChI=1S/C18H34O3.C3H8O3.3C2H4O2/c1-2-3-4-11-14-17(19)15-12-9-7-5-6-8-10-13-16-18(20)21;4-1-3(6)2-5;3*1-2(3)4/h9,12,17,19H,2-8,10-11,13-16H2,1H3,(H,20,21);3-6H,1-2H2;3*1H3,(H,3,4)/b12-9-;;;;/t17-;;;;/m1..../s1. The van der Waals surface area contributed by atoms with Crippen molar-refractivity contribution < 1.29 is 60.0 Å². The van der Waals surface area contributed by atoms with E-state index in [1.165, 1.54) is 25.7 Å².